The van der Waals surface area contributed by atoms with E-state index in [0.717, 1.165) is 12.8 Å². The summed E-state index contributed by atoms with van der Waals surface area (Å²) in [7, 11) is 0. The fourth-order valence-electron chi connectivity index (χ4n) is 0.758. The lowest BCUT2D eigenvalue weighted by Crippen LogP contribution is -2.02. The molecule has 0 rings (SSSR count). The van der Waals surface area contributed by atoms with Crippen LogP contribution in [-0.2, 0) is 19.1 Å². The zero-order valence-electron chi connectivity index (χ0n) is 10.2. The van der Waals surface area contributed by atoms with E-state index in [1.165, 1.54) is 6.92 Å². The van der Waals surface area contributed by atoms with Gasteiger partial charge in [0.1, 0.15) is 0 Å². The number of esters is 2. The Labute approximate surface area is 91.9 Å². The molecule has 0 aromatic heterocycles. The van der Waals surface area contributed by atoms with Gasteiger partial charge in [0.2, 0.25) is 0 Å². The highest BCUT2D eigenvalue weighted by Crippen LogP contribution is 1.95. The molecule has 0 aliphatic carbocycles. The van der Waals surface area contributed by atoms with Crippen molar-refractivity contribution in [2.45, 2.75) is 47.0 Å². The minimum Gasteiger partial charge on any atom is -0.466 e. The van der Waals surface area contributed by atoms with Gasteiger partial charge >= 0.3 is 11.9 Å². The Kier molecular flexibility index (Phi) is 14.1. The van der Waals surface area contributed by atoms with Crippen LogP contribution in [0, 0.1) is 0 Å². The molecule has 4 heteroatoms. The predicted molar refractivity (Wildman–Crippen MR) is 58.5 cm³/mol. The summed E-state index contributed by atoms with van der Waals surface area (Å²) in [5, 5.41) is 0. The van der Waals surface area contributed by atoms with Crippen molar-refractivity contribution in [3.8, 4) is 0 Å². The quantitative estimate of drug-likeness (QED) is 0.664. The molecule has 4 nitrogen and oxygen atoms in total. The van der Waals surface area contributed by atoms with Gasteiger partial charge in [0.05, 0.1) is 13.2 Å². The van der Waals surface area contributed by atoms with E-state index in [9.17, 15) is 9.59 Å². The number of rotatable bonds is 5. The number of unbranched alkanes of at least 4 members (excludes halogenated alkanes) is 1. The molecule has 0 bridgehead atoms. The first kappa shape index (κ1) is 16.4. The van der Waals surface area contributed by atoms with Crippen LogP contribution >= 0.6 is 0 Å². The Bertz CT molecular complexity index is 166. The largest absolute Gasteiger partial charge is 0.466 e. The van der Waals surface area contributed by atoms with Gasteiger partial charge in [-0.1, -0.05) is 13.3 Å². The van der Waals surface area contributed by atoms with Crippen LogP contribution in [-0.4, -0.2) is 25.2 Å². The Balaban J connectivity index is 0. The van der Waals surface area contributed by atoms with Crippen LogP contribution in [0.4, 0.5) is 0 Å². The van der Waals surface area contributed by atoms with Crippen molar-refractivity contribution in [3.05, 3.63) is 0 Å². The number of carbonyl (C=O) groups excluding carboxylic acids is 2. The molecule has 0 unspecified atom stereocenters. The van der Waals surface area contributed by atoms with Crippen molar-refractivity contribution in [2.75, 3.05) is 13.2 Å². The third-order valence-electron chi connectivity index (χ3n) is 1.39. The van der Waals surface area contributed by atoms with E-state index in [-0.39, 0.29) is 11.9 Å². The molecule has 0 atom stereocenters. The highest BCUT2D eigenvalue weighted by molar-refractivity contribution is 5.69. The van der Waals surface area contributed by atoms with Gasteiger partial charge in [-0.15, -0.1) is 0 Å². The number of ether oxygens (including phenoxy) is 2. The summed E-state index contributed by atoms with van der Waals surface area (Å²) in [6.45, 7) is 8.03. The molecule has 0 radical (unpaired) electrons. The molecule has 0 aliphatic heterocycles. The monoisotopic (exact) mass is 218 g/mol. The average Bonchev–Trinajstić information content (AvgIpc) is 2.16. The Morgan fingerprint density at radius 1 is 1.00 bits per heavy atom. The molecule has 0 aromatic carbocycles. The average molecular weight is 218 g/mol. The van der Waals surface area contributed by atoms with E-state index in [0.29, 0.717) is 19.6 Å². The van der Waals surface area contributed by atoms with Crippen LogP contribution < -0.4 is 0 Å². The smallest absolute Gasteiger partial charge is 0.305 e. The zero-order valence-corrected chi connectivity index (χ0v) is 10.2. The van der Waals surface area contributed by atoms with E-state index >= 15 is 0 Å². The molecule has 0 N–H and O–H groups in total. The van der Waals surface area contributed by atoms with Gasteiger partial charge < -0.3 is 9.47 Å². The van der Waals surface area contributed by atoms with Crippen LogP contribution in [0.1, 0.15) is 47.0 Å². The van der Waals surface area contributed by atoms with Gasteiger partial charge in [0.25, 0.3) is 0 Å². The lowest BCUT2D eigenvalue weighted by Gasteiger charge is -1.97. The predicted octanol–water partition coefficient (Wildman–Crippen LogP) is 2.31. The Morgan fingerprint density at radius 2 is 1.53 bits per heavy atom. The molecule has 0 amide bonds. The van der Waals surface area contributed by atoms with Crippen LogP contribution in [0.25, 0.3) is 0 Å². The zero-order chi connectivity index (χ0) is 12.1. The van der Waals surface area contributed by atoms with Gasteiger partial charge in [0.15, 0.2) is 0 Å². The molecule has 0 spiro atoms. The lowest BCUT2D eigenvalue weighted by molar-refractivity contribution is -0.143. The van der Waals surface area contributed by atoms with Gasteiger partial charge in [-0.3, -0.25) is 9.59 Å². The molecular formula is C11H22O4. The van der Waals surface area contributed by atoms with Crippen molar-refractivity contribution in [1.29, 1.82) is 0 Å². The maximum Gasteiger partial charge on any atom is 0.305 e. The van der Waals surface area contributed by atoms with Crippen molar-refractivity contribution in [3.63, 3.8) is 0 Å². The van der Waals surface area contributed by atoms with Crippen molar-refractivity contribution >= 4 is 11.9 Å². The first-order valence-corrected chi connectivity index (χ1v) is 5.37. The van der Waals surface area contributed by atoms with E-state index in [1.807, 2.05) is 6.92 Å². The van der Waals surface area contributed by atoms with Crippen LogP contribution in [0.2, 0.25) is 0 Å². The molecule has 0 heterocycles. The maximum atomic E-state index is 10.6. The summed E-state index contributed by atoms with van der Waals surface area (Å²) in [4.78, 5) is 20.4. The molecule has 0 fully saturated rings. The van der Waals surface area contributed by atoms with Crippen molar-refractivity contribution in [2.24, 2.45) is 0 Å². The Hall–Kier alpha value is -1.06. The summed E-state index contributed by atoms with van der Waals surface area (Å²) in [5.41, 5.74) is 0. The second kappa shape index (κ2) is 12.9. The second-order valence-corrected chi connectivity index (χ2v) is 2.83. The number of hydrogen-bond acceptors (Lipinski definition) is 4. The third-order valence-corrected chi connectivity index (χ3v) is 1.39. The maximum absolute atomic E-state index is 10.6. The fourth-order valence-corrected chi connectivity index (χ4v) is 0.758. The summed E-state index contributed by atoms with van der Waals surface area (Å²) < 4.78 is 9.11. The molecule has 0 saturated heterocycles. The molecule has 0 aliphatic rings. The summed E-state index contributed by atoms with van der Waals surface area (Å²) in [6, 6.07) is 0. The summed E-state index contributed by atoms with van der Waals surface area (Å²) in [6.07, 6.45) is 2.57. The first-order valence-electron chi connectivity index (χ1n) is 5.37. The second-order valence-electron chi connectivity index (χ2n) is 2.83. The van der Waals surface area contributed by atoms with E-state index in [1.54, 1.807) is 6.92 Å². The third kappa shape index (κ3) is 19.4. The molecule has 90 valence electrons. The normalized spacial score (nSPS) is 8.53. The van der Waals surface area contributed by atoms with Crippen LogP contribution in [0.5, 0.6) is 0 Å². The van der Waals surface area contributed by atoms with E-state index in [4.69, 9.17) is 4.74 Å². The molecule has 15 heavy (non-hydrogen) atoms. The topological polar surface area (TPSA) is 52.6 Å². The SMILES string of the molecule is CCCCC(=O)OCC.CCOC(C)=O. The van der Waals surface area contributed by atoms with Crippen molar-refractivity contribution in [1.82, 2.24) is 0 Å². The minimum atomic E-state index is -0.211. The molecule has 0 saturated carbocycles. The van der Waals surface area contributed by atoms with Gasteiger partial charge in [0, 0.05) is 13.3 Å². The highest BCUT2D eigenvalue weighted by Gasteiger charge is 1.97. The molecule has 0 aromatic rings. The number of hydrogen-bond donors (Lipinski definition) is 0. The van der Waals surface area contributed by atoms with Gasteiger partial charge in [-0.2, -0.15) is 0 Å². The van der Waals surface area contributed by atoms with Gasteiger partial charge in [-0.05, 0) is 20.3 Å². The van der Waals surface area contributed by atoms with E-state index < -0.39 is 0 Å². The fraction of sp³-hybridized carbons (Fsp3) is 0.818. The Morgan fingerprint density at radius 3 is 1.80 bits per heavy atom. The van der Waals surface area contributed by atoms with Crippen LogP contribution in [0.3, 0.4) is 0 Å². The number of carbonyl (C=O) groups is 2. The van der Waals surface area contributed by atoms with Gasteiger partial charge in [-0.25, -0.2) is 0 Å². The first-order chi connectivity index (χ1) is 7.08. The summed E-state index contributed by atoms with van der Waals surface area (Å²) in [5.74, 6) is -0.281. The minimum absolute atomic E-state index is 0.0700. The molecular weight excluding hydrogens is 196 g/mol. The standard InChI is InChI=1S/C7H14O2.C4H8O2/c1-3-5-6-7(8)9-4-2;1-3-6-4(2)5/h3-6H2,1-2H3;3H2,1-2H3. The summed E-state index contributed by atoms with van der Waals surface area (Å²) >= 11 is 0. The van der Waals surface area contributed by atoms with Crippen LogP contribution in [0.15, 0.2) is 0 Å². The van der Waals surface area contributed by atoms with Crippen molar-refractivity contribution < 1.29 is 19.1 Å². The lowest BCUT2D eigenvalue weighted by atomic mass is 10.3. The highest BCUT2D eigenvalue weighted by atomic mass is 16.5. The van der Waals surface area contributed by atoms with E-state index in [2.05, 4.69) is 11.7 Å².